The van der Waals surface area contributed by atoms with Crippen LogP contribution in [0.2, 0.25) is 10.0 Å². The lowest BCUT2D eigenvalue weighted by Gasteiger charge is -2.25. The van der Waals surface area contributed by atoms with Crippen molar-refractivity contribution in [2.75, 3.05) is 0 Å². The molecule has 0 aliphatic heterocycles. The summed E-state index contributed by atoms with van der Waals surface area (Å²) >= 11 is 11.7. The summed E-state index contributed by atoms with van der Waals surface area (Å²) in [7, 11) is 0. The molecule has 1 rings (SSSR count). The maximum atomic E-state index is 13.7. The molecule has 0 fully saturated rings. The van der Waals surface area contributed by atoms with Gasteiger partial charge in [-0.25, -0.2) is 4.39 Å². The van der Waals surface area contributed by atoms with Crippen molar-refractivity contribution >= 4 is 23.2 Å². The van der Waals surface area contributed by atoms with E-state index in [0.717, 1.165) is 6.42 Å². The summed E-state index contributed by atoms with van der Waals surface area (Å²) in [6.45, 7) is 3.78. The summed E-state index contributed by atoms with van der Waals surface area (Å²) in [5, 5.41) is 10.3. The molecular weight excluding hydrogens is 264 g/mol. The predicted molar refractivity (Wildman–Crippen MR) is 68.8 cm³/mol. The number of rotatable bonds is 4. The zero-order chi connectivity index (χ0) is 13.2. The SMILES string of the molecule is CCC(C)[C@@H](O)[C@@H](N)c1c(F)ccc(Cl)c1Cl. The molecule has 5 heteroatoms. The van der Waals surface area contributed by atoms with E-state index in [-0.39, 0.29) is 21.5 Å². The number of hydrogen-bond donors (Lipinski definition) is 2. The van der Waals surface area contributed by atoms with Gasteiger partial charge in [0.1, 0.15) is 5.82 Å². The summed E-state index contributed by atoms with van der Waals surface area (Å²) in [6, 6.07) is 1.69. The van der Waals surface area contributed by atoms with Crippen LogP contribution < -0.4 is 5.73 Å². The zero-order valence-corrected chi connectivity index (χ0v) is 11.3. The Balaban J connectivity index is 3.11. The fourth-order valence-electron chi connectivity index (χ4n) is 1.61. The molecule has 0 saturated carbocycles. The Kier molecular flexibility index (Phi) is 5.20. The van der Waals surface area contributed by atoms with Crippen molar-refractivity contribution in [1.29, 1.82) is 0 Å². The van der Waals surface area contributed by atoms with Crippen LogP contribution in [0.25, 0.3) is 0 Å². The minimum absolute atomic E-state index is 0.0422. The van der Waals surface area contributed by atoms with Crippen LogP contribution in [-0.4, -0.2) is 11.2 Å². The smallest absolute Gasteiger partial charge is 0.129 e. The Hall–Kier alpha value is -0.350. The first-order chi connectivity index (χ1) is 7.90. The van der Waals surface area contributed by atoms with Crippen LogP contribution in [0, 0.1) is 11.7 Å². The summed E-state index contributed by atoms with van der Waals surface area (Å²) in [6.07, 6.45) is -0.111. The van der Waals surface area contributed by atoms with Gasteiger partial charge in [0, 0.05) is 5.56 Å². The lowest BCUT2D eigenvalue weighted by Crippen LogP contribution is -2.32. The molecule has 0 bridgehead atoms. The molecule has 1 aromatic rings. The van der Waals surface area contributed by atoms with E-state index in [1.165, 1.54) is 12.1 Å². The lowest BCUT2D eigenvalue weighted by molar-refractivity contribution is 0.0868. The van der Waals surface area contributed by atoms with Crippen molar-refractivity contribution < 1.29 is 9.50 Å². The third kappa shape index (κ3) is 3.10. The quantitative estimate of drug-likeness (QED) is 0.829. The number of aliphatic hydroxyl groups is 1. The molecule has 0 amide bonds. The van der Waals surface area contributed by atoms with Gasteiger partial charge in [0.2, 0.25) is 0 Å². The second kappa shape index (κ2) is 6.01. The monoisotopic (exact) mass is 279 g/mol. The Bertz CT molecular complexity index is 400. The van der Waals surface area contributed by atoms with E-state index in [4.69, 9.17) is 28.9 Å². The summed E-state index contributed by atoms with van der Waals surface area (Å²) < 4.78 is 13.7. The minimum atomic E-state index is -0.879. The van der Waals surface area contributed by atoms with Gasteiger partial charge in [-0.3, -0.25) is 0 Å². The Labute approximate surface area is 111 Å². The van der Waals surface area contributed by atoms with E-state index in [0.29, 0.717) is 0 Å². The van der Waals surface area contributed by atoms with Crippen LogP contribution in [-0.2, 0) is 0 Å². The Morgan fingerprint density at radius 1 is 1.41 bits per heavy atom. The third-order valence-corrected chi connectivity index (χ3v) is 3.83. The number of benzene rings is 1. The van der Waals surface area contributed by atoms with Gasteiger partial charge in [-0.05, 0) is 18.1 Å². The fraction of sp³-hybridized carbons (Fsp3) is 0.500. The van der Waals surface area contributed by atoms with Crippen molar-refractivity contribution in [3.63, 3.8) is 0 Å². The van der Waals surface area contributed by atoms with Gasteiger partial charge in [-0.2, -0.15) is 0 Å². The maximum Gasteiger partial charge on any atom is 0.129 e. The minimum Gasteiger partial charge on any atom is -0.391 e. The fourth-order valence-corrected chi connectivity index (χ4v) is 2.06. The van der Waals surface area contributed by atoms with Crippen LogP contribution in [0.15, 0.2) is 12.1 Å². The molecule has 96 valence electrons. The van der Waals surface area contributed by atoms with Crippen molar-refractivity contribution in [2.24, 2.45) is 11.7 Å². The van der Waals surface area contributed by atoms with E-state index >= 15 is 0 Å². The van der Waals surface area contributed by atoms with Crippen LogP contribution in [0.3, 0.4) is 0 Å². The van der Waals surface area contributed by atoms with Gasteiger partial charge in [0.25, 0.3) is 0 Å². The van der Waals surface area contributed by atoms with E-state index in [1.807, 2.05) is 13.8 Å². The first kappa shape index (κ1) is 14.7. The lowest BCUT2D eigenvalue weighted by atomic mass is 9.91. The van der Waals surface area contributed by atoms with Gasteiger partial charge in [-0.1, -0.05) is 43.5 Å². The molecule has 1 aromatic carbocycles. The number of aliphatic hydroxyl groups excluding tert-OH is 1. The molecule has 3 atom stereocenters. The van der Waals surface area contributed by atoms with Gasteiger partial charge in [0.05, 0.1) is 22.2 Å². The van der Waals surface area contributed by atoms with Crippen molar-refractivity contribution in [3.8, 4) is 0 Å². The van der Waals surface area contributed by atoms with Crippen molar-refractivity contribution in [1.82, 2.24) is 0 Å². The summed E-state index contributed by atoms with van der Waals surface area (Å²) in [5.41, 5.74) is 5.93. The number of nitrogens with two attached hydrogens (primary N) is 1. The molecule has 0 aliphatic rings. The zero-order valence-electron chi connectivity index (χ0n) is 9.75. The van der Waals surface area contributed by atoms with Crippen LogP contribution >= 0.6 is 23.2 Å². The molecule has 2 nitrogen and oxygen atoms in total. The highest BCUT2D eigenvalue weighted by molar-refractivity contribution is 6.42. The van der Waals surface area contributed by atoms with E-state index in [1.54, 1.807) is 0 Å². The molecule has 0 spiro atoms. The standard InChI is InChI=1S/C12H16Cl2FNO/c1-3-6(2)12(17)11(16)9-8(15)5-4-7(13)10(9)14/h4-6,11-12,17H,3,16H2,1-2H3/t6?,11-,12+/m0/s1. The van der Waals surface area contributed by atoms with Crippen LogP contribution in [0.4, 0.5) is 4.39 Å². The Morgan fingerprint density at radius 3 is 2.53 bits per heavy atom. The highest BCUT2D eigenvalue weighted by Gasteiger charge is 2.27. The summed E-state index contributed by atoms with van der Waals surface area (Å²) in [5.74, 6) is -0.589. The third-order valence-electron chi connectivity index (χ3n) is 3.01. The molecule has 3 N–H and O–H groups in total. The predicted octanol–water partition coefficient (Wildman–Crippen LogP) is 3.54. The highest BCUT2D eigenvalue weighted by atomic mass is 35.5. The van der Waals surface area contributed by atoms with Gasteiger partial charge in [-0.15, -0.1) is 0 Å². The van der Waals surface area contributed by atoms with Gasteiger partial charge in [0.15, 0.2) is 0 Å². The molecule has 17 heavy (non-hydrogen) atoms. The average Bonchev–Trinajstić information content (AvgIpc) is 2.32. The van der Waals surface area contributed by atoms with Crippen molar-refractivity contribution in [3.05, 3.63) is 33.6 Å². The first-order valence-corrected chi connectivity index (χ1v) is 6.22. The van der Waals surface area contributed by atoms with Crippen LogP contribution in [0.1, 0.15) is 31.9 Å². The second-order valence-electron chi connectivity index (χ2n) is 4.16. The van der Waals surface area contributed by atoms with Crippen LogP contribution in [0.5, 0.6) is 0 Å². The van der Waals surface area contributed by atoms with Gasteiger partial charge >= 0.3 is 0 Å². The maximum absolute atomic E-state index is 13.7. The van der Waals surface area contributed by atoms with E-state index < -0.39 is 18.0 Å². The number of hydrogen-bond acceptors (Lipinski definition) is 2. The molecule has 0 saturated heterocycles. The molecule has 0 aromatic heterocycles. The number of halogens is 3. The average molecular weight is 280 g/mol. The first-order valence-electron chi connectivity index (χ1n) is 5.47. The normalized spacial score (nSPS) is 16.6. The molecular formula is C12H16Cl2FNO. The van der Waals surface area contributed by atoms with Crippen molar-refractivity contribution in [2.45, 2.75) is 32.4 Å². The van der Waals surface area contributed by atoms with E-state index in [9.17, 15) is 9.50 Å². The highest BCUT2D eigenvalue weighted by Crippen LogP contribution is 2.34. The Morgan fingerprint density at radius 2 is 2.00 bits per heavy atom. The second-order valence-corrected chi connectivity index (χ2v) is 4.94. The van der Waals surface area contributed by atoms with E-state index in [2.05, 4.69) is 0 Å². The molecule has 0 heterocycles. The van der Waals surface area contributed by atoms with Gasteiger partial charge < -0.3 is 10.8 Å². The largest absolute Gasteiger partial charge is 0.391 e. The molecule has 1 unspecified atom stereocenters. The topological polar surface area (TPSA) is 46.2 Å². The molecule has 0 radical (unpaired) electrons. The molecule has 0 aliphatic carbocycles. The summed E-state index contributed by atoms with van der Waals surface area (Å²) in [4.78, 5) is 0.